The van der Waals surface area contributed by atoms with Gasteiger partial charge in [0.15, 0.2) is 12.4 Å². The molecule has 16 nitrogen and oxygen atoms in total. The Morgan fingerprint density at radius 3 is 2.28 bits per heavy atom. The normalized spacial score (nSPS) is 17.4. The number of thiophene rings is 1. The molecule has 3 aromatic carbocycles. The molecule has 2 aliphatic heterocycles. The summed E-state index contributed by atoms with van der Waals surface area (Å²) in [4.78, 5) is 66.4. The number of thiazole rings is 1. The van der Waals surface area contributed by atoms with Gasteiger partial charge < -0.3 is 30.5 Å². The number of rotatable bonds is 13. The van der Waals surface area contributed by atoms with Crippen LogP contribution in [0.1, 0.15) is 103 Å². The number of aliphatic imine (C=N–C) groups is 1. The third-order valence-corrected chi connectivity index (χ3v) is 14.8. The fourth-order valence-electron chi connectivity index (χ4n) is 8.79. The molecule has 0 spiro atoms. The fourth-order valence-corrected chi connectivity index (χ4v) is 10.8. The fraction of sp³-hybridized carbons (Fsp3) is 0.353. The van der Waals surface area contributed by atoms with E-state index in [9.17, 15) is 34.7 Å². The van der Waals surface area contributed by atoms with E-state index < -0.39 is 59.9 Å². The zero-order valence-electron chi connectivity index (χ0n) is 39.5. The summed E-state index contributed by atoms with van der Waals surface area (Å²) in [6, 6.07) is 19.5. The molecule has 1 fully saturated rings. The summed E-state index contributed by atoms with van der Waals surface area (Å²) in [6.07, 6.45) is -1.15. The maximum Gasteiger partial charge on any atom is 0.306 e. The summed E-state index contributed by atoms with van der Waals surface area (Å²) >= 11 is 3.14. The molecule has 8 rings (SSSR count). The van der Waals surface area contributed by atoms with Crippen molar-refractivity contribution in [3.8, 4) is 38.4 Å². The third kappa shape index (κ3) is 9.94. The van der Waals surface area contributed by atoms with E-state index in [1.54, 1.807) is 67.2 Å². The molecular formula is C51H53N9O7S2. The van der Waals surface area contributed by atoms with E-state index in [2.05, 4.69) is 31.9 Å². The molecule has 69 heavy (non-hydrogen) atoms. The number of aromatic nitrogens is 4. The van der Waals surface area contributed by atoms with Crippen LogP contribution in [0.4, 0.5) is 0 Å². The number of carboxylic acid groups (broad SMARTS) is 1. The second-order valence-corrected chi connectivity index (χ2v) is 20.6. The Kier molecular flexibility index (Phi) is 13.7. The van der Waals surface area contributed by atoms with E-state index in [-0.39, 0.29) is 36.7 Å². The number of benzene rings is 3. The van der Waals surface area contributed by atoms with Crippen molar-refractivity contribution in [2.24, 2.45) is 10.4 Å². The van der Waals surface area contributed by atoms with E-state index >= 15 is 0 Å². The molecule has 3 amide bonds. The number of aryl methyl sites for hydroxylation is 3. The number of β-amino-alcohol motifs (C(OH)–C–C–N with tert-alkyl or cyclic N) is 1. The average Bonchev–Trinajstić information content (AvgIpc) is 4.09. The maximum absolute atomic E-state index is 14.3. The molecule has 0 saturated carbocycles. The van der Waals surface area contributed by atoms with E-state index in [4.69, 9.17) is 9.73 Å². The Morgan fingerprint density at radius 1 is 0.942 bits per heavy atom. The topological polar surface area (TPSA) is 225 Å². The summed E-state index contributed by atoms with van der Waals surface area (Å²) < 4.78 is 7.79. The molecule has 6 aromatic rings. The Bertz CT molecular complexity index is 3030. The van der Waals surface area contributed by atoms with Crippen molar-refractivity contribution in [2.75, 3.05) is 13.2 Å². The van der Waals surface area contributed by atoms with Crippen molar-refractivity contribution in [3.05, 3.63) is 122 Å². The van der Waals surface area contributed by atoms with Gasteiger partial charge in [0.2, 0.25) is 11.8 Å². The number of hydrogen-bond donors (Lipinski definition) is 4. The lowest BCUT2D eigenvalue weighted by molar-refractivity contribution is -0.144. The quantitative estimate of drug-likeness (QED) is 0.0896. The van der Waals surface area contributed by atoms with Crippen molar-refractivity contribution in [2.45, 2.75) is 98.5 Å². The lowest BCUT2D eigenvalue weighted by Crippen LogP contribution is -2.58. The number of hydrogen-bond acceptors (Lipinski definition) is 13. The molecule has 1 unspecified atom stereocenters. The number of aliphatic hydroxyl groups excluding tert-OH is 1. The number of amides is 3. The van der Waals surface area contributed by atoms with Gasteiger partial charge in [-0.15, -0.1) is 32.9 Å². The predicted molar refractivity (Wildman–Crippen MR) is 263 cm³/mol. The summed E-state index contributed by atoms with van der Waals surface area (Å²) in [5, 5.41) is 46.0. The number of nitrogens with zero attached hydrogens (tertiary/aromatic N) is 7. The van der Waals surface area contributed by atoms with Crippen molar-refractivity contribution < 1.29 is 34.1 Å². The Morgan fingerprint density at radius 2 is 1.62 bits per heavy atom. The van der Waals surface area contributed by atoms with E-state index in [1.165, 1.54) is 4.90 Å². The predicted octanol–water partition coefficient (Wildman–Crippen LogP) is 7.34. The molecule has 0 radical (unpaired) electrons. The molecule has 3 aromatic heterocycles. The van der Waals surface area contributed by atoms with Crippen molar-refractivity contribution in [1.29, 1.82) is 5.26 Å². The summed E-state index contributed by atoms with van der Waals surface area (Å²) in [5.74, 6) is -1.25. The SMILES string of the molecule is Cc1ncsc1-c1ccc([C@H](C)NC(=O)[C@@H]2C[C@@H](O)CN2C(=O)C(NC(=O)COc2ccc(-c3ccc(C4=N[C@@H](CC(=O)O)c5nnc(C)n5-c5sc(C)c(C)c54)cc3)cc2C#N)C(C)(C)C)cc1. The van der Waals surface area contributed by atoms with Crippen LogP contribution in [0.3, 0.4) is 0 Å². The molecule has 2 aliphatic rings. The number of nitrogens with one attached hydrogen (secondary N) is 2. The number of nitriles is 1. The first-order chi connectivity index (χ1) is 32.8. The van der Waals surface area contributed by atoms with Crippen LogP contribution < -0.4 is 15.4 Å². The molecule has 4 N–H and O–H groups in total. The Hall–Kier alpha value is -7.07. The monoisotopic (exact) mass is 967 g/mol. The van der Waals surface area contributed by atoms with Crippen molar-refractivity contribution in [1.82, 2.24) is 35.3 Å². The highest BCUT2D eigenvalue weighted by molar-refractivity contribution is 7.15. The minimum atomic E-state index is -1.08. The second kappa shape index (κ2) is 19.5. The number of carboxylic acids is 1. The highest BCUT2D eigenvalue weighted by Crippen LogP contribution is 2.40. The summed E-state index contributed by atoms with van der Waals surface area (Å²) in [6.45, 7) is 14.5. The van der Waals surface area contributed by atoms with Crippen LogP contribution in [-0.2, 0) is 19.2 Å². The molecule has 0 aliphatic carbocycles. The summed E-state index contributed by atoms with van der Waals surface area (Å²) in [7, 11) is 0. The summed E-state index contributed by atoms with van der Waals surface area (Å²) in [5.41, 5.74) is 8.90. The smallest absolute Gasteiger partial charge is 0.306 e. The van der Waals surface area contributed by atoms with Gasteiger partial charge in [-0.05, 0) is 80.0 Å². The van der Waals surface area contributed by atoms with Crippen LogP contribution in [0.5, 0.6) is 5.75 Å². The van der Waals surface area contributed by atoms with Gasteiger partial charge in [-0.25, -0.2) is 4.98 Å². The number of carbonyl (C=O) groups excluding carboxylic acids is 3. The number of fused-ring (bicyclic) bond motifs is 3. The van der Waals surface area contributed by atoms with E-state index in [0.29, 0.717) is 22.9 Å². The molecule has 1 saturated heterocycles. The first-order valence-electron chi connectivity index (χ1n) is 22.5. The minimum absolute atomic E-state index is 0.0454. The molecule has 5 atom stereocenters. The van der Waals surface area contributed by atoms with Crippen LogP contribution in [-0.4, -0.2) is 95.6 Å². The van der Waals surface area contributed by atoms with Gasteiger partial charge in [0.25, 0.3) is 5.91 Å². The molecular weight excluding hydrogens is 915 g/mol. The Labute approximate surface area is 407 Å². The van der Waals surface area contributed by atoms with Crippen molar-refractivity contribution in [3.63, 3.8) is 0 Å². The highest BCUT2D eigenvalue weighted by atomic mass is 32.1. The highest BCUT2D eigenvalue weighted by Gasteiger charge is 2.45. The first kappa shape index (κ1) is 48.4. The molecule has 18 heteroatoms. The van der Waals surface area contributed by atoms with Gasteiger partial charge in [0.05, 0.1) is 45.9 Å². The van der Waals surface area contributed by atoms with Crippen LogP contribution in [0.25, 0.3) is 26.6 Å². The van der Waals surface area contributed by atoms with Gasteiger partial charge in [-0.2, -0.15) is 5.26 Å². The van der Waals surface area contributed by atoms with Gasteiger partial charge >= 0.3 is 5.97 Å². The van der Waals surface area contributed by atoms with E-state index in [0.717, 1.165) is 53.8 Å². The van der Waals surface area contributed by atoms with Crippen molar-refractivity contribution >= 4 is 52.1 Å². The number of carbonyl (C=O) groups is 4. The molecule has 356 valence electrons. The average molecular weight is 968 g/mol. The Balaban J connectivity index is 0.933. The van der Waals surface area contributed by atoms with Crippen LogP contribution in [0.2, 0.25) is 0 Å². The number of aliphatic carboxylic acids is 1. The standard InChI is InChI=1S/C51H53N9O7S2/c1-26-29(4)69-50-43(26)44(55-38(21-42(63)64)47-58-57-30(5)60(47)50)33-13-11-32(12-14-33)35-17-18-40(36(19-35)22-52)67-24-41(62)56-46(51(6,7)8)49(66)59-23-37(61)20-39(59)48(65)54-27(2)31-9-15-34(16-10-31)45-28(3)53-25-68-45/h9-19,25,27,37-39,46,61H,20-21,23-24H2,1-8H3,(H,54,65)(H,56,62)(H,63,64)/t27-,37+,38-,39-,46?/m0/s1. The lowest BCUT2D eigenvalue weighted by atomic mass is 9.85. The van der Waals surface area contributed by atoms with Gasteiger partial charge in [-0.1, -0.05) is 75.4 Å². The second-order valence-electron chi connectivity index (χ2n) is 18.6. The van der Waals surface area contributed by atoms with Crippen LogP contribution in [0, 0.1) is 44.4 Å². The van der Waals surface area contributed by atoms with Crippen LogP contribution >= 0.6 is 22.7 Å². The van der Waals surface area contributed by atoms with Crippen LogP contribution in [0.15, 0.2) is 77.2 Å². The zero-order chi connectivity index (χ0) is 49.5. The third-order valence-electron chi connectivity index (χ3n) is 12.6. The first-order valence-corrected chi connectivity index (χ1v) is 24.2. The minimum Gasteiger partial charge on any atom is -0.482 e. The number of ether oxygens (including phenoxy) is 1. The van der Waals surface area contributed by atoms with Gasteiger partial charge in [0, 0.05) is 29.0 Å². The van der Waals surface area contributed by atoms with Gasteiger partial charge in [-0.3, -0.25) is 28.7 Å². The maximum atomic E-state index is 14.3. The van der Waals surface area contributed by atoms with Gasteiger partial charge in [0.1, 0.15) is 40.8 Å². The van der Waals surface area contributed by atoms with E-state index in [1.807, 2.05) is 87.7 Å². The largest absolute Gasteiger partial charge is 0.482 e. The zero-order valence-corrected chi connectivity index (χ0v) is 41.2. The number of likely N-dealkylation sites (tertiary alicyclic amines) is 1. The lowest BCUT2D eigenvalue weighted by Gasteiger charge is -2.35. The molecule has 0 bridgehead atoms. The molecule has 5 heterocycles. The number of aliphatic hydroxyl groups is 1.